The van der Waals surface area contributed by atoms with Gasteiger partial charge in [-0.1, -0.05) is 23.8 Å². The standard InChI is InChI=1S/C13H11ClF3NO2S2/c1-2-20-12(19)5-18-9-3-7(13(15,16)17)8(14)4-10(9)22-6-11(18)21/h3-4H,2,5-6H2,1H3. The Balaban J connectivity index is 2.44. The summed E-state index contributed by atoms with van der Waals surface area (Å²) in [5.41, 5.74) is -0.724. The number of fused-ring (bicyclic) bond motifs is 1. The molecule has 0 fully saturated rings. The molecule has 0 bridgehead atoms. The number of nitrogens with zero attached hydrogens (tertiary/aromatic N) is 1. The monoisotopic (exact) mass is 369 g/mol. The Morgan fingerprint density at radius 3 is 2.77 bits per heavy atom. The van der Waals surface area contributed by atoms with Crippen molar-refractivity contribution in [3.05, 3.63) is 22.7 Å². The number of hydrogen-bond acceptors (Lipinski definition) is 4. The van der Waals surface area contributed by atoms with Gasteiger partial charge in [-0.3, -0.25) is 4.79 Å². The van der Waals surface area contributed by atoms with Crippen molar-refractivity contribution < 1.29 is 22.7 Å². The van der Waals surface area contributed by atoms with Gasteiger partial charge in [-0.15, -0.1) is 11.8 Å². The molecule has 1 aromatic carbocycles. The molecule has 0 unspecified atom stereocenters. The van der Waals surface area contributed by atoms with Crippen LogP contribution in [0.5, 0.6) is 0 Å². The first kappa shape index (κ1) is 17.4. The Morgan fingerprint density at radius 2 is 2.18 bits per heavy atom. The molecule has 2 rings (SSSR count). The number of alkyl halides is 3. The van der Waals surface area contributed by atoms with Crippen molar-refractivity contribution in [2.24, 2.45) is 0 Å². The van der Waals surface area contributed by atoms with Crippen LogP contribution in [0.15, 0.2) is 17.0 Å². The summed E-state index contributed by atoms with van der Waals surface area (Å²) in [6, 6.07) is 2.18. The lowest BCUT2D eigenvalue weighted by Gasteiger charge is -2.31. The smallest absolute Gasteiger partial charge is 0.417 e. The second-order valence-electron chi connectivity index (χ2n) is 4.37. The Labute approximate surface area is 139 Å². The molecule has 0 spiro atoms. The van der Waals surface area contributed by atoms with Crippen LogP contribution in [-0.2, 0) is 15.7 Å². The minimum Gasteiger partial charge on any atom is -0.465 e. The van der Waals surface area contributed by atoms with E-state index in [-0.39, 0.29) is 23.9 Å². The third-order valence-electron chi connectivity index (χ3n) is 2.89. The number of hydrogen-bond donors (Lipinski definition) is 0. The van der Waals surface area contributed by atoms with E-state index < -0.39 is 17.7 Å². The molecule has 1 aliphatic heterocycles. The van der Waals surface area contributed by atoms with Crippen LogP contribution in [-0.4, -0.2) is 29.9 Å². The van der Waals surface area contributed by atoms with Gasteiger partial charge in [-0.25, -0.2) is 0 Å². The third kappa shape index (κ3) is 3.67. The molecule has 3 nitrogen and oxygen atoms in total. The first-order chi connectivity index (χ1) is 10.2. The number of thioether (sulfide) groups is 1. The molecule has 0 amide bonds. The van der Waals surface area contributed by atoms with Crippen molar-refractivity contribution in [1.82, 2.24) is 0 Å². The van der Waals surface area contributed by atoms with Crippen LogP contribution in [0.1, 0.15) is 12.5 Å². The molecule has 0 atom stereocenters. The van der Waals surface area contributed by atoms with Gasteiger partial charge in [0, 0.05) is 10.6 Å². The SMILES string of the molecule is CCOC(=O)CN1C(=S)CSc2cc(Cl)c(C(F)(F)F)cc21. The van der Waals surface area contributed by atoms with E-state index in [1.54, 1.807) is 6.92 Å². The van der Waals surface area contributed by atoms with E-state index in [1.165, 1.54) is 22.7 Å². The maximum atomic E-state index is 13.0. The number of carbonyl (C=O) groups is 1. The van der Waals surface area contributed by atoms with Crippen molar-refractivity contribution >= 4 is 52.2 Å². The zero-order chi connectivity index (χ0) is 16.5. The van der Waals surface area contributed by atoms with Gasteiger partial charge >= 0.3 is 12.1 Å². The second kappa shape index (κ2) is 6.64. The maximum absolute atomic E-state index is 13.0. The van der Waals surface area contributed by atoms with Crippen LogP contribution in [0.4, 0.5) is 18.9 Å². The van der Waals surface area contributed by atoms with Crippen LogP contribution in [0.2, 0.25) is 5.02 Å². The van der Waals surface area contributed by atoms with Crippen molar-refractivity contribution in [1.29, 1.82) is 0 Å². The fraction of sp³-hybridized carbons (Fsp3) is 0.385. The minimum atomic E-state index is -4.58. The lowest BCUT2D eigenvalue weighted by molar-refractivity contribution is -0.141. The zero-order valence-corrected chi connectivity index (χ0v) is 13.8. The molecular weight excluding hydrogens is 359 g/mol. The van der Waals surface area contributed by atoms with Gasteiger partial charge in [0.2, 0.25) is 0 Å². The van der Waals surface area contributed by atoms with E-state index >= 15 is 0 Å². The van der Waals surface area contributed by atoms with Crippen molar-refractivity contribution in [2.45, 2.75) is 18.0 Å². The van der Waals surface area contributed by atoms with E-state index in [1.807, 2.05) is 0 Å². The van der Waals surface area contributed by atoms with E-state index in [4.69, 9.17) is 28.6 Å². The molecule has 0 aromatic heterocycles. The number of esters is 1. The van der Waals surface area contributed by atoms with E-state index in [0.29, 0.717) is 15.6 Å². The minimum absolute atomic E-state index is 0.190. The van der Waals surface area contributed by atoms with Gasteiger partial charge < -0.3 is 9.64 Å². The first-order valence-corrected chi connectivity index (χ1v) is 8.00. The van der Waals surface area contributed by atoms with Crippen LogP contribution in [0.25, 0.3) is 0 Å². The highest BCUT2D eigenvalue weighted by Gasteiger charge is 2.36. The Morgan fingerprint density at radius 1 is 1.50 bits per heavy atom. The lowest BCUT2D eigenvalue weighted by atomic mass is 10.1. The summed E-state index contributed by atoms with van der Waals surface area (Å²) in [7, 11) is 0. The highest BCUT2D eigenvalue weighted by molar-refractivity contribution is 8.01. The summed E-state index contributed by atoms with van der Waals surface area (Å²) in [6.07, 6.45) is -4.58. The van der Waals surface area contributed by atoms with Crippen molar-refractivity contribution in [3.63, 3.8) is 0 Å². The average Bonchev–Trinajstić information content (AvgIpc) is 2.40. The summed E-state index contributed by atoms with van der Waals surface area (Å²) >= 11 is 12.2. The maximum Gasteiger partial charge on any atom is 0.417 e. The number of halogens is 4. The number of ether oxygens (including phenoxy) is 1. The molecule has 1 aliphatic rings. The molecule has 0 N–H and O–H groups in total. The summed E-state index contributed by atoms with van der Waals surface area (Å²) in [6.45, 7) is 1.62. The normalized spacial score (nSPS) is 14.8. The molecule has 22 heavy (non-hydrogen) atoms. The Kier molecular flexibility index (Phi) is 5.24. The molecule has 0 radical (unpaired) electrons. The van der Waals surface area contributed by atoms with Crippen LogP contribution < -0.4 is 4.90 Å². The van der Waals surface area contributed by atoms with Crippen molar-refractivity contribution in [2.75, 3.05) is 23.8 Å². The van der Waals surface area contributed by atoms with Crippen LogP contribution in [0, 0.1) is 0 Å². The summed E-state index contributed by atoms with van der Waals surface area (Å²) in [5, 5.41) is -0.373. The Hall–Kier alpha value is -0.990. The Bertz CT molecular complexity index is 622. The summed E-state index contributed by atoms with van der Waals surface area (Å²) < 4.78 is 43.8. The number of benzene rings is 1. The fourth-order valence-corrected chi connectivity index (χ4v) is 3.58. The molecule has 0 saturated carbocycles. The van der Waals surface area contributed by atoms with Crippen LogP contribution in [0.3, 0.4) is 0 Å². The highest BCUT2D eigenvalue weighted by atomic mass is 35.5. The van der Waals surface area contributed by atoms with Gasteiger partial charge in [0.25, 0.3) is 0 Å². The fourth-order valence-electron chi connectivity index (χ4n) is 1.95. The molecule has 120 valence electrons. The predicted molar refractivity (Wildman–Crippen MR) is 83.8 cm³/mol. The van der Waals surface area contributed by atoms with Gasteiger partial charge in [-0.2, -0.15) is 13.2 Å². The molecule has 1 heterocycles. The molecular formula is C13H11ClF3NO2S2. The second-order valence-corrected chi connectivity index (χ2v) is 6.27. The number of thiocarbonyl (C=S) groups is 1. The molecule has 9 heteroatoms. The first-order valence-electron chi connectivity index (χ1n) is 6.23. The van der Waals surface area contributed by atoms with Crippen LogP contribution >= 0.6 is 35.6 Å². The van der Waals surface area contributed by atoms with Crippen molar-refractivity contribution in [3.8, 4) is 0 Å². The predicted octanol–water partition coefficient (Wildman–Crippen LogP) is 4.16. The summed E-state index contributed by atoms with van der Waals surface area (Å²) in [4.78, 5) is 13.9. The van der Waals surface area contributed by atoms with E-state index in [2.05, 4.69) is 0 Å². The molecule has 1 aromatic rings. The van der Waals surface area contributed by atoms with E-state index in [9.17, 15) is 18.0 Å². The molecule has 0 aliphatic carbocycles. The zero-order valence-electron chi connectivity index (χ0n) is 11.4. The lowest BCUT2D eigenvalue weighted by Crippen LogP contribution is -2.39. The van der Waals surface area contributed by atoms with Gasteiger partial charge in [0.15, 0.2) is 0 Å². The number of anilines is 1. The largest absolute Gasteiger partial charge is 0.465 e. The van der Waals surface area contributed by atoms with Gasteiger partial charge in [-0.05, 0) is 19.1 Å². The van der Waals surface area contributed by atoms with Gasteiger partial charge in [0.1, 0.15) is 6.54 Å². The molecule has 0 saturated heterocycles. The quantitative estimate of drug-likeness (QED) is 0.589. The number of rotatable bonds is 3. The topological polar surface area (TPSA) is 29.5 Å². The summed E-state index contributed by atoms with van der Waals surface area (Å²) in [5.74, 6) is -0.158. The van der Waals surface area contributed by atoms with Gasteiger partial charge in [0.05, 0.1) is 27.9 Å². The highest BCUT2D eigenvalue weighted by Crippen LogP contribution is 2.43. The number of carbonyl (C=O) groups excluding carboxylic acids is 1. The van der Waals surface area contributed by atoms with E-state index in [0.717, 1.165) is 6.07 Å². The third-order valence-corrected chi connectivity index (χ3v) is 4.81. The average molecular weight is 370 g/mol.